The normalized spacial score (nSPS) is 30.5. The van der Waals surface area contributed by atoms with Gasteiger partial charge in [0.2, 0.25) is 5.91 Å². The van der Waals surface area contributed by atoms with Gasteiger partial charge in [0, 0.05) is 18.7 Å². The molecule has 2 heterocycles. The van der Waals surface area contributed by atoms with Gasteiger partial charge in [0.1, 0.15) is 0 Å². The van der Waals surface area contributed by atoms with E-state index in [0.29, 0.717) is 24.4 Å². The van der Waals surface area contributed by atoms with E-state index < -0.39 is 0 Å². The molecular weight excluding hydrogens is 346 g/mol. The number of halogens is 1. The van der Waals surface area contributed by atoms with Crippen LogP contribution in [0.4, 0.5) is 0 Å². The fourth-order valence-electron chi connectivity index (χ4n) is 5.37. The van der Waals surface area contributed by atoms with Crippen LogP contribution in [0.15, 0.2) is 24.4 Å². The Labute approximate surface area is 163 Å². The molecule has 4 unspecified atom stereocenters. The first-order valence-electron chi connectivity index (χ1n) is 10.2. The predicted octanol–water partition coefficient (Wildman–Crippen LogP) is 3.80. The van der Waals surface area contributed by atoms with Crippen molar-refractivity contribution < 1.29 is 4.79 Å². The lowest BCUT2D eigenvalue weighted by Gasteiger charge is -2.33. The van der Waals surface area contributed by atoms with E-state index >= 15 is 0 Å². The quantitative estimate of drug-likeness (QED) is 0.848. The summed E-state index contributed by atoms with van der Waals surface area (Å²) < 4.78 is 0. The highest BCUT2D eigenvalue weighted by Gasteiger charge is 2.41. The number of rotatable bonds is 5. The smallest absolute Gasteiger partial charge is 0.223 e. The second-order valence-electron chi connectivity index (χ2n) is 8.32. The van der Waals surface area contributed by atoms with Crippen molar-refractivity contribution in [3.63, 3.8) is 0 Å². The number of fused-ring (bicyclic) bond motifs is 2. The van der Waals surface area contributed by atoms with Crippen molar-refractivity contribution in [3.05, 3.63) is 30.1 Å². The van der Waals surface area contributed by atoms with Crippen molar-refractivity contribution in [1.29, 1.82) is 0 Å². The summed E-state index contributed by atoms with van der Waals surface area (Å²) in [6.45, 7) is 2.77. The molecule has 1 aromatic rings. The topological polar surface area (TPSA) is 45.2 Å². The molecule has 5 heteroatoms. The minimum absolute atomic E-state index is 0. The highest BCUT2D eigenvalue weighted by atomic mass is 35.5. The Hall–Kier alpha value is -1.13. The molecule has 4 atom stereocenters. The highest BCUT2D eigenvalue weighted by molar-refractivity contribution is 5.85. The van der Waals surface area contributed by atoms with E-state index in [9.17, 15) is 4.79 Å². The number of hydrogen-bond donors (Lipinski definition) is 1. The van der Waals surface area contributed by atoms with Crippen LogP contribution in [-0.2, 0) is 11.3 Å². The third-order valence-corrected chi connectivity index (χ3v) is 6.69. The Balaban J connectivity index is 0.00000196. The first kappa shape index (κ1) is 19.6. The van der Waals surface area contributed by atoms with Crippen molar-refractivity contribution in [2.24, 2.45) is 17.8 Å². The minimum Gasteiger partial charge on any atom is -0.334 e. The van der Waals surface area contributed by atoms with Gasteiger partial charge in [-0.1, -0.05) is 12.5 Å². The maximum Gasteiger partial charge on any atom is 0.223 e. The molecule has 4 nitrogen and oxygen atoms in total. The molecule has 0 spiro atoms. The largest absolute Gasteiger partial charge is 0.334 e. The monoisotopic (exact) mass is 377 g/mol. The zero-order valence-corrected chi connectivity index (χ0v) is 16.4. The summed E-state index contributed by atoms with van der Waals surface area (Å²) in [5, 5.41) is 3.48. The van der Waals surface area contributed by atoms with Gasteiger partial charge < -0.3 is 10.2 Å². The van der Waals surface area contributed by atoms with Gasteiger partial charge in [-0.3, -0.25) is 9.78 Å². The molecule has 0 radical (unpaired) electrons. The van der Waals surface area contributed by atoms with E-state index in [1.165, 1.54) is 25.7 Å². The van der Waals surface area contributed by atoms with E-state index in [1.807, 2.05) is 24.4 Å². The number of carbonyl (C=O) groups excluding carboxylic acids is 1. The van der Waals surface area contributed by atoms with Gasteiger partial charge in [-0.25, -0.2) is 0 Å². The molecule has 1 N–H and O–H groups in total. The maximum absolute atomic E-state index is 13.3. The van der Waals surface area contributed by atoms with E-state index in [1.54, 1.807) is 0 Å². The molecule has 1 aromatic heterocycles. The third kappa shape index (κ3) is 4.58. The minimum atomic E-state index is 0. The van der Waals surface area contributed by atoms with Crippen molar-refractivity contribution in [2.75, 3.05) is 13.1 Å². The number of amides is 1. The number of nitrogens with one attached hydrogen (secondary N) is 1. The average molecular weight is 378 g/mol. The van der Waals surface area contributed by atoms with E-state index in [0.717, 1.165) is 56.3 Å². The Morgan fingerprint density at radius 3 is 2.81 bits per heavy atom. The molecule has 144 valence electrons. The zero-order valence-electron chi connectivity index (χ0n) is 15.6. The highest BCUT2D eigenvalue weighted by Crippen LogP contribution is 2.49. The Kier molecular flexibility index (Phi) is 6.93. The Morgan fingerprint density at radius 2 is 2.08 bits per heavy atom. The molecule has 2 bridgehead atoms. The van der Waals surface area contributed by atoms with Crippen LogP contribution in [0.25, 0.3) is 0 Å². The Morgan fingerprint density at radius 1 is 1.15 bits per heavy atom. The zero-order chi connectivity index (χ0) is 17.1. The molecule has 1 saturated heterocycles. The standard InChI is InChI=1S/C21H31N3O.ClH/c25-21(14-18-13-16-6-7-17(18)12-16)24(15-19-4-1-2-10-23-19)20-5-3-9-22-11-8-20;/h1-2,4,10,16-18,20,22H,3,5-9,11-15H2;1H. The molecule has 1 aliphatic heterocycles. The summed E-state index contributed by atoms with van der Waals surface area (Å²) in [5.41, 5.74) is 1.01. The van der Waals surface area contributed by atoms with E-state index in [2.05, 4.69) is 15.2 Å². The molecule has 4 rings (SSSR count). The first-order valence-corrected chi connectivity index (χ1v) is 10.2. The molecule has 2 saturated carbocycles. The van der Waals surface area contributed by atoms with Crippen molar-refractivity contribution in [3.8, 4) is 0 Å². The van der Waals surface area contributed by atoms with Gasteiger partial charge in [0.15, 0.2) is 0 Å². The summed E-state index contributed by atoms with van der Waals surface area (Å²) in [4.78, 5) is 19.9. The second kappa shape index (κ2) is 9.18. The van der Waals surface area contributed by atoms with Gasteiger partial charge in [-0.15, -0.1) is 12.4 Å². The van der Waals surface area contributed by atoms with Crippen LogP contribution in [0.5, 0.6) is 0 Å². The lowest BCUT2D eigenvalue weighted by molar-refractivity contribution is -0.136. The number of carbonyl (C=O) groups is 1. The number of pyridine rings is 1. The van der Waals surface area contributed by atoms with E-state index in [-0.39, 0.29) is 12.4 Å². The number of hydrogen-bond acceptors (Lipinski definition) is 3. The van der Waals surface area contributed by atoms with Crippen LogP contribution >= 0.6 is 12.4 Å². The van der Waals surface area contributed by atoms with Crippen molar-refractivity contribution in [1.82, 2.24) is 15.2 Å². The van der Waals surface area contributed by atoms with E-state index in [4.69, 9.17) is 0 Å². The second-order valence-corrected chi connectivity index (χ2v) is 8.32. The number of nitrogens with zero attached hydrogens (tertiary/aromatic N) is 2. The predicted molar refractivity (Wildman–Crippen MR) is 106 cm³/mol. The maximum atomic E-state index is 13.3. The van der Waals surface area contributed by atoms with Crippen LogP contribution in [0.3, 0.4) is 0 Å². The van der Waals surface area contributed by atoms with Gasteiger partial charge in [0.05, 0.1) is 12.2 Å². The summed E-state index contributed by atoms with van der Waals surface area (Å²) in [7, 11) is 0. The van der Waals surface area contributed by atoms with Gasteiger partial charge in [0.25, 0.3) is 0 Å². The molecule has 2 aliphatic carbocycles. The van der Waals surface area contributed by atoms with Gasteiger partial charge in [-0.05, 0) is 81.5 Å². The summed E-state index contributed by atoms with van der Waals surface area (Å²) in [5.74, 6) is 2.74. The van der Waals surface area contributed by atoms with Crippen LogP contribution in [0.1, 0.15) is 57.1 Å². The molecule has 1 amide bonds. The van der Waals surface area contributed by atoms with Crippen LogP contribution in [-0.4, -0.2) is 34.9 Å². The molecule has 26 heavy (non-hydrogen) atoms. The molecular formula is C21H32ClN3O. The van der Waals surface area contributed by atoms with Crippen LogP contribution < -0.4 is 5.32 Å². The van der Waals surface area contributed by atoms with Crippen LogP contribution in [0, 0.1) is 17.8 Å². The summed E-state index contributed by atoms with van der Waals surface area (Å²) in [6.07, 6.45) is 11.4. The number of aromatic nitrogens is 1. The third-order valence-electron chi connectivity index (χ3n) is 6.69. The fourth-order valence-corrected chi connectivity index (χ4v) is 5.37. The Bertz CT molecular complexity index is 574. The lowest BCUT2D eigenvalue weighted by atomic mass is 9.86. The summed E-state index contributed by atoms with van der Waals surface area (Å²) in [6, 6.07) is 6.38. The lowest BCUT2D eigenvalue weighted by Crippen LogP contribution is -2.41. The molecule has 3 aliphatic rings. The van der Waals surface area contributed by atoms with Crippen molar-refractivity contribution in [2.45, 2.75) is 64.0 Å². The summed E-state index contributed by atoms with van der Waals surface area (Å²) >= 11 is 0. The molecule has 3 fully saturated rings. The van der Waals surface area contributed by atoms with Crippen molar-refractivity contribution >= 4 is 18.3 Å². The van der Waals surface area contributed by atoms with Gasteiger partial charge in [-0.2, -0.15) is 0 Å². The first-order chi connectivity index (χ1) is 12.3. The average Bonchev–Trinajstić information content (AvgIpc) is 3.14. The molecule has 0 aromatic carbocycles. The SMILES string of the molecule is Cl.O=C(CC1CC2CCC1C2)N(Cc1ccccn1)C1CCCNCC1. The van der Waals surface area contributed by atoms with Crippen LogP contribution in [0.2, 0.25) is 0 Å². The van der Waals surface area contributed by atoms with Gasteiger partial charge >= 0.3 is 0 Å². The fraction of sp³-hybridized carbons (Fsp3) is 0.714.